The lowest BCUT2D eigenvalue weighted by Gasteiger charge is -2.39. The van der Waals surface area contributed by atoms with Gasteiger partial charge in [0.15, 0.2) is 0 Å². The summed E-state index contributed by atoms with van der Waals surface area (Å²) in [6.07, 6.45) is 8.51. The fourth-order valence-corrected chi connectivity index (χ4v) is 2.76. The zero-order valence-electron chi connectivity index (χ0n) is 11.3. The molecule has 106 valence electrons. The van der Waals surface area contributed by atoms with Gasteiger partial charge in [-0.15, -0.1) is 12.4 Å². The van der Waals surface area contributed by atoms with Crippen molar-refractivity contribution >= 4 is 24.0 Å². The molecule has 0 saturated heterocycles. The predicted molar refractivity (Wildman–Crippen MR) is 79.3 cm³/mol. The van der Waals surface area contributed by atoms with Crippen LogP contribution in [0.25, 0.3) is 0 Å². The number of carbonyl (C=O) groups excluding carboxylic acids is 1. The van der Waals surface area contributed by atoms with Crippen molar-refractivity contribution in [1.29, 1.82) is 0 Å². The number of nitrogens with zero attached hydrogens (tertiary/aromatic N) is 1. The third-order valence-electron chi connectivity index (χ3n) is 4.01. The minimum absolute atomic E-state index is 0. The molecule has 5 heteroatoms. The van der Waals surface area contributed by atoms with Gasteiger partial charge in [-0.2, -0.15) is 0 Å². The summed E-state index contributed by atoms with van der Waals surface area (Å²) in [5.41, 5.74) is 6.47. The molecule has 1 aliphatic rings. The summed E-state index contributed by atoms with van der Waals surface area (Å²) in [7, 11) is 0. The zero-order valence-corrected chi connectivity index (χ0v) is 12.1. The molecule has 1 aliphatic carbocycles. The van der Waals surface area contributed by atoms with E-state index < -0.39 is 5.41 Å². The first kappa shape index (κ1) is 15.9. The second-order valence-corrected chi connectivity index (χ2v) is 5.20. The molecular formula is C14H22ClN3O. The molecule has 0 radical (unpaired) electrons. The lowest BCUT2D eigenvalue weighted by Crippen LogP contribution is -2.49. The average Bonchev–Trinajstić information content (AvgIpc) is 2.40. The Morgan fingerprint density at radius 1 is 1.32 bits per heavy atom. The Balaban J connectivity index is 0.00000180. The van der Waals surface area contributed by atoms with Gasteiger partial charge in [-0.3, -0.25) is 9.78 Å². The van der Waals surface area contributed by atoms with Crippen LogP contribution in [0.4, 0.5) is 5.69 Å². The molecule has 1 saturated carbocycles. The van der Waals surface area contributed by atoms with Crippen LogP contribution in [-0.2, 0) is 4.79 Å². The standard InChI is InChI=1S/C14H21N3O.ClH/c1-11(15)14(7-3-2-4-8-14)13(18)17-12-5-9-16-10-6-12;/h5-6,9-11H,2-4,7-8,15H2,1H3,(H,16,17,18);1H/t11-;/m1./s1. The number of rotatable bonds is 3. The molecule has 3 N–H and O–H groups in total. The van der Waals surface area contributed by atoms with Gasteiger partial charge in [-0.1, -0.05) is 19.3 Å². The minimum Gasteiger partial charge on any atom is -0.327 e. The van der Waals surface area contributed by atoms with E-state index in [-0.39, 0.29) is 24.4 Å². The summed E-state index contributed by atoms with van der Waals surface area (Å²) < 4.78 is 0. The van der Waals surface area contributed by atoms with Gasteiger partial charge in [0, 0.05) is 24.1 Å². The van der Waals surface area contributed by atoms with E-state index in [9.17, 15) is 4.79 Å². The molecule has 1 atom stereocenters. The van der Waals surface area contributed by atoms with Crippen LogP contribution in [0.1, 0.15) is 39.0 Å². The number of nitrogens with one attached hydrogen (secondary N) is 1. The average molecular weight is 284 g/mol. The van der Waals surface area contributed by atoms with Crippen molar-refractivity contribution in [1.82, 2.24) is 4.98 Å². The van der Waals surface area contributed by atoms with Crippen molar-refractivity contribution in [2.75, 3.05) is 5.32 Å². The second kappa shape index (κ2) is 6.87. The van der Waals surface area contributed by atoms with Crippen LogP contribution in [0.5, 0.6) is 0 Å². The largest absolute Gasteiger partial charge is 0.327 e. The van der Waals surface area contributed by atoms with Crippen LogP contribution in [-0.4, -0.2) is 16.9 Å². The number of aromatic nitrogens is 1. The summed E-state index contributed by atoms with van der Waals surface area (Å²) >= 11 is 0. The Morgan fingerprint density at radius 3 is 2.42 bits per heavy atom. The van der Waals surface area contributed by atoms with E-state index in [4.69, 9.17) is 5.73 Å². The number of anilines is 1. The minimum atomic E-state index is -0.401. The lowest BCUT2D eigenvalue weighted by atomic mass is 9.69. The van der Waals surface area contributed by atoms with Gasteiger partial charge in [-0.25, -0.2) is 0 Å². The first-order valence-electron chi connectivity index (χ1n) is 6.62. The maximum Gasteiger partial charge on any atom is 0.232 e. The van der Waals surface area contributed by atoms with E-state index in [0.29, 0.717) is 0 Å². The highest BCUT2D eigenvalue weighted by atomic mass is 35.5. The van der Waals surface area contributed by atoms with Crippen LogP contribution < -0.4 is 11.1 Å². The number of nitrogens with two attached hydrogens (primary N) is 1. The molecule has 1 fully saturated rings. The Hall–Kier alpha value is -1.13. The van der Waals surface area contributed by atoms with Gasteiger partial charge < -0.3 is 11.1 Å². The van der Waals surface area contributed by atoms with Crippen LogP contribution in [0.3, 0.4) is 0 Å². The van der Waals surface area contributed by atoms with E-state index in [1.807, 2.05) is 6.92 Å². The van der Waals surface area contributed by atoms with E-state index in [2.05, 4.69) is 10.3 Å². The summed E-state index contributed by atoms with van der Waals surface area (Å²) in [6.45, 7) is 1.94. The summed E-state index contributed by atoms with van der Waals surface area (Å²) in [4.78, 5) is 16.5. The van der Waals surface area contributed by atoms with E-state index in [1.54, 1.807) is 24.5 Å². The second-order valence-electron chi connectivity index (χ2n) is 5.20. The van der Waals surface area contributed by atoms with Crippen molar-refractivity contribution in [2.24, 2.45) is 11.1 Å². The van der Waals surface area contributed by atoms with Gasteiger partial charge in [0.2, 0.25) is 5.91 Å². The maximum absolute atomic E-state index is 12.5. The van der Waals surface area contributed by atoms with Crippen LogP contribution >= 0.6 is 12.4 Å². The molecule has 0 bridgehead atoms. The fourth-order valence-electron chi connectivity index (χ4n) is 2.76. The molecule has 0 spiro atoms. The van der Waals surface area contributed by atoms with E-state index >= 15 is 0 Å². The van der Waals surface area contributed by atoms with Gasteiger partial charge in [0.05, 0.1) is 5.41 Å². The fraction of sp³-hybridized carbons (Fsp3) is 0.571. The van der Waals surface area contributed by atoms with Gasteiger partial charge in [0.25, 0.3) is 0 Å². The molecule has 0 unspecified atom stereocenters. The molecule has 0 aromatic carbocycles. The van der Waals surface area contributed by atoms with E-state index in [0.717, 1.165) is 31.4 Å². The third-order valence-corrected chi connectivity index (χ3v) is 4.01. The summed E-state index contributed by atoms with van der Waals surface area (Å²) in [6, 6.07) is 3.49. The molecule has 19 heavy (non-hydrogen) atoms. The number of hydrogen-bond acceptors (Lipinski definition) is 3. The smallest absolute Gasteiger partial charge is 0.232 e. The topological polar surface area (TPSA) is 68.0 Å². The highest BCUT2D eigenvalue weighted by Crippen LogP contribution is 2.39. The monoisotopic (exact) mass is 283 g/mol. The number of amides is 1. The SMILES string of the molecule is C[C@@H](N)C1(C(=O)Nc2ccncc2)CCCCC1.Cl. The Labute approximate surface area is 120 Å². The molecule has 1 aromatic rings. The molecular weight excluding hydrogens is 262 g/mol. The van der Waals surface area contributed by atoms with Crippen LogP contribution in [0.2, 0.25) is 0 Å². The quantitative estimate of drug-likeness (QED) is 0.896. The molecule has 0 aliphatic heterocycles. The van der Waals surface area contributed by atoms with E-state index in [1.165, 1.54) is 6.42 Å². The first-order valence-corrected chi connectivity index (χ1v) is 6.62. The molecule has 4 nitrogen and oxygen atoms in total. The third kappa shape index (κ3) is 3.45. The molecule has 1 heterocycles. The van der Waals surface area contributed by atoms with Crippen LogP contribution in [0, 0.1) is 5.41 Å². The highest BCUT2D eigenvalue weighted by molar-refractivity contribution is 5.95. The predicted octanol–water partition coefficient (Wildman–Crippen LogP) is 2.74. The van der Waals surface area contributed by atoms with Crippen molar-refractivity contribution in [3.63, 3.8) is 0 Å². The van der Waals surface area contributed by atoms with Crippen molar-refractivity contribution in [3.8, 4) is 0 Å². The zero-order chi connectivity index (χ0) is 13.0. The molecule has 1 amide bonds. The number of halogens is 1. The summed E-state index contributed by atoms with van der Waals surface area (Å²) in [5.74, 6) is 0.0587. The number of hydrogen-bond donors (Lipinski definition) is 2. The van der Waals surface area contributed by atoms with Crippen molar-refractivity contribution in [2.45, 2.75) is 45.1 Å². The molecule has 1 aromatic heterocycles. The molecule has 2 rings (SSSR count). The van der Waals surface area contributed by atoms with Crippen molar-refractivity contribution in [3.05, 3.63) is 24.5 Å². The Bertz CT molecular complexity index is 402. The first-order chi connectivity index (χ1) is 8.65. The summed E-state index contributed by atoms with van der Waals surface area (Å²) in [5, 5.41) is 2.97. The Kier molecular flexibility index (Phi) is 5.76. The van der Waals surface area contributed by atoms with Gasteiger partial charge in [-0.05, 0) is 31.9 Å². The maximum atomic E-state index is 12.5. The highest BCUT2D eigenvalue weighted by Gasteiger charge is 2.42. The van der Waals surface area contributed by atoms with Gasteiger partial charge >= 0.3 is 0 Å². The number of pyridine rings is 1. The van der Waals surface area contributed by atoms with Gasteiger partial charge in [0.1, 0.15) is 0 Å². The normalized spacial score (nSPS) is 19.1. The van der Waals surface area contributed by atoms with Crippen LogP contribution in [0.15, 0.2) is 24.5 Å². The Morgan fingerprint density at radius 2 is 1.89 bits per heavy atom. The lowest BCUT2D eigenvalue weighted by molar-refractivity contribution is -0.128. The number of carbonyl (C=O) groups is 1. The van der Waals surface area contributed by atoms with Crippen molar-refractivity contribution < 1.29 is 4.79 Å².